The minimum atomic E-state index is -0.676. The summed E-state index contributed by atoms with van der Waals surface area (Å²) in [5, 5.41) is 3.36. The third-order valence-corrected chi connectivity index (χ3v) is 2.64. The number of esters is 1. The van der Waals surface area contributed by atoms with Crippen LogP contribution in [0.3, 0.4) is 0 Å². The van der Waals surface area contributed by atoms with E-state index in [0.717, 1.165) is 0 Å². The molecule has 0 aromatic carbocycles. The van der Waals surface area contributed by atoms with Crippen molar-refractivity contribution >= 4 is 21.9 Å². The standard InChI is InChI=1S/C9H12BrN3O3/c1-9(2,3)8-15-5(4-12-13-11)6(10)7(14)16-8/h8H,4H2,1-3H3. The first-order valence-electron chi connectivity index (χ1n) is 4.63. The van der Waals surface area contributed by atoms with Crippen molar-refractivity contribution in [3.63, 3.8) is 0 Å². The van der Waals surface area contributed by atoms with E-state index < -0.39 is 12.3 Å². The zero-order valence-electron chi connectivity index (χ0n) is 9.23. The number of rotatable bonds is 2. The Kier molecular flexibility index (Phi) is 3.83. The number of ether oxygens (including phenoxy) is 2. The summed E-state index contributed by atoms with van der Waals surface area (Å²) < 4.78 is 10.7. The summed E-state index contributed by atoms with van der Waals surface area (Å²) in [7, 11) is 0. The van der Waals surface area contributed by atoms with Crippen LogP contribution in [0, 0.1) is 5.41 Å². The lowest BCUT2D eigenvalue weighted by atomic mass is 9.95. The molecule has 1 rings (SSSR count). The molecule has 0 radical (unpaired) electrons. The van der Waals surface area contributed by atoms with E-state index in [9.17, 15) is 4.79 Å². The van der Waals surface area contributed by atoms with E-state index in [1.165, 1.54) is 0 Å². The highest BCUT2D eigenvalue weighted by Gasteiger charge is 2.36. The maximum absolute atomic E-state index is 11.5. The van der Waals surface area contributed by atoms with E-state index in [2.05, 4.69) is 26.0 Å². The molecule has 0 bridgehead atoms. The SMILES string of the molecule is CC(C)(C)C1OC(=O)C(Br)=C(CN=[N+]=[N-])O1. The number of carbonyl (C=O) groups excluding carboxylic acids is 1. The van der Waals surface area contributed by atoms with Gasteiger partial charge in [0.1, 0.15) is 10.2 Å². The van der Waals surface area contributed by atoms with E-state index in [1.807, 2.05) is 20.8 Å². The first-order valence-corrected chi connectivity index (χ1v) is 5.42. The highest BCUT2D eigenvalue weighted by Crippen LogP contribution is 2.32. The van der Waals surface area contributed by atoms with Gasteiger partial charge in [0.2, 0.25) is 6.29 Å². The van der Waals surface area contributed by atoms with Crippen molar-refractivity contribution in [1.82, 2.24) is 0 Å². The third kappa shape index (κ3) is 2.90. The van der Waals surface area contributed by atoms with Crippen molar-refractivity contribution in [3.8, 4) is 0 Å². The Morgan fingerprint density at radius 2 is 2.12 bits per heavy atom. The number of hydrogen-bond acceptors (Lipinski definition) is 4. The summed E-state index contributed by atoms with van der Waals surface area (Å²) in [6, 6.07) is 0. The lowest BCUT2D eigenvalue weighted by Crippen LogP contribution is -2.38. The van der Waals surface area contributed by atoms with Crippen molar-refractivity contribution in [2.24, 2.45) is 10.5 Å². The molecule has 1 unspecified atom stereocenters. The van der Waals surface area contributed by atoms with E-state index in [-0.39, 0.29) is 16.4 Å². The third-order valence-electron chi connectivity index (χ3n) is 1.87. The smallest absolute Gasteiger partial charge is 0.351 e. The minimum Gasteiger partial charge on any atom is -0.457 e. The Balaban J connectivity index is 2.93. The minimum absolute atomic E-state index is 0.0151. The van der Waals surface area contributed by atoms with Crippen LogP contribution in [0.25, 0.3) is 10.4 Å². The van der Waals surface area contributed by atoms with Gasteiger partial charge in [-0.1, -0.05) is 25.9 Å². The normalized spacial score (nSPS) is 21.0. The van der Waals surface area contributed by atoms with Gasteiger partial charge in [0.15, 0.2) is 0 Å². The Hall–Kier alpha value is -1.20. The Morgan fingerprint density at radius 3 is 2.62 bits per heavy atom. The number of hydrogen-bond donors (Lipinski definition) is 0. The quantitative estimate of drug-likeness (QED) is 0.339. The highest BCUT2D eigenvalue weighted by molar-refractivity contribution is 9.12. The van der Waals surface area contributed by atoms with Crippen molar-refractivity contribution in [2.45, 2.75) is 27.1 Å². The van der Waals surface area contributed by atoms with Crippen molar-refractivity contribution < 1.29 is 14.3 Å². The van der Waals surface area contributed by atoms with Crippen molar-refractivity contribution in [2.75, 3.05) is 6.54 Å². The van der Waals surface area contributed by atoms with Gasteiger partial charge in [0.25, 0.3) is 0 Å². The van der Waals surface area contributed by atoms with E-state index in [4.69, 9.17) is 15.0 Å². The lowest BCUT2D eigenvalue weighted by Gasteiger charge is -2.34. The van der Waals surface area contributed by atoms with Crippen LogP contribution in [0.1, 0.15) is 20.8 Å². The van der Waals surface area contributed by atoms with Gasteiger partial charge in [0.05, 0.1) is 6.54 Å². The molecule has 88 valence electrons. The van der Waals surface area contributed by atoms with E-state index in [0.29, 0.717) is 5.76 Å². The second kappa shape index (κ2) is 4.76. The van der Waals surface area contributed by atoms with Gasteiger partial charge in [-0.05, 0) is 21.5 Å². The molecule has 16 heavy (non-hydrogen) atoms. The van der Waals surface area contributed by atoms with Gasteiger partial charge in [-0.2, -0.15) is 0 Å². The van der Waals surface area contributed by atoms with Gasteiger partial charge in [0, 0.05) is 10.3 Å². The van der Waals surface area contributed by atoms with Crippen molar-refractivity contribution in [3.05, 3.63) is 20.7 Å². The Labute approximate surface area is 101 Å². The van der Waals surface area contributed by atoms with Crippen LogP contribution in [0.15, 0.2) is 15.4 Å². The average Bonchev–Trinajstić information content (AvgIpc) is 2.18. The molecule has 1 aliphatic rings. The predicted octanol–water partition coefficient (Wildman–Crippen LogP) is 2.85. The monoisotopic (exact) mass is 289 g/mol. The second-order valence-corrected chi connectivity index (χ2v) is 5.14. The molecule has 0 amide bonds. The Bertz CT molecular complexity index is 380. The molecule has 0 fully saturated rings. The first-order chi connectivity index (χ1) is 7.36. The molecule has 0 N–H and O–H groups in total. The molecule has 0 spiro atoms. The summed E-state index contributed by atoms with van der Waals surface area (Å²) in [6.45, 7) is 5.64. The largest absolute Gasteiger partial charge is 0.457 e. The number of cyclic esters (lactones) is 1. The molecule has 6 nitrogen and oxygen atoms in total. The van der Waals surface area contributed by atoms with Crippen LogP contribution < -0.4 is 0 Å². The van der Waals surface area contributed by atoms with Crippen LogP contribution in [-0.4, -0.2) is 18.8 Å². The average molecular weight is 290 g/mol. The van der Waals surface area contributed by atoms with Crippen LogP contribution >= 0.6 is 15.9 Å². The van der Waals surface area contributed by atoms with E-state index in [1.54, 1.807) is 0 Å². The molecule has 1 aliphatic heterocycles. The van der Waals surface area contributed by atoms with Crippen LogP contribution in [-0.2, 0) is 14.3 Å². The maximum Gasteiger partial charge on any atom is 0.351 e. The Morgan fingerprint density at radius 1 is 1.50 bits per heavy atom. The predicted molar refractivity (Wildman–Crippen MR) is 60.4 cm³/mol. The van der Waals surface area contributed by atoms with Gasteiger partial charge < -0.3 is 9.47 Å². The summed E-state index contributed by atoms with van der Waals surface area (Å²) >= 11 is 3.04. The zero-order chi connectivity index (χ0) is 12.3. The van der Waals surface area contributed by atoms with Crippen LogP contribution in [0.5, 0.6) is 0 Å². The number of halogens is 1. The number of nitrogens with zero attached hydrogens (tertiary/aromatic N) is 3. The molecule has 0 saturated heterocycles. The fourth-order valence-corrected chi connectivity index (χ4v) is 1.34. The molecule has 0 aromatic rings. The number of azide groups is 1. The maximum atomic E-state index is 11.5. The summed E-state index contributed by atoms with van der Waals surface area (Å²) in [5.41, 5.74) is 7.88. The lowest BCUT2D eigenvalue weighted by molar-refractivity contribution is -0.195. The summed E-state index contributed by atoms with van der Waals surface area (Å²) in [6.07, 6.45) is -0.676. The summed E-state index contributed by atoms with van der Waals surface area (Å²) in [4.78, 5) is 14.1. The van der Waals surface area contributed by atoms with Crippen LogP contribution in [0.2, 0.25) is 0 Å². The van der Waals surface area contributed by atoms with Gasteiger partial charge in [-0.25, -0.2) is 4.79 Å². The zero-order valence-corrected chi connectivity index (χ0v) is 10.8. The molecule has 0 saturated carbocycles. The van der Waals surface area contributed by atoms with Gasteiger partial charge in [-0.15, -0.1) is 0 Å². The fourth-order valence-electron chi connectivity index (χ4n) is 1.02. The molecule has 0 aromatic heterocycles. The van der Waals surface area contributed by atoms with Crippen molar-refractivity contribution in [1.29, 1.82) is 0 Å². The molecule has 1 atom stereocenters. The second-order valence-electron chi connectivity index (χ2n) is 4.35. The fraction of sp³-hybridized carbons (Fsp3) is 0.667. The molecule has 7 heteroatoms. The molecular formula is C9H12BrN3O3. The van der Waals surface area contributed by atoms with Crippen LogP contribution in [0.4, 0.5) is 0 Å². The first kappa shape index (κ1) is 12.9. The molecule has 1 heterocycles. The van der Waals surface area contributed by atoms with Gasteiger partial charge in [-0.3, -0.25) is 0 Å². The van der Waals surface area contributed by atoms with E-state index >= 15 is 0 Å². The van der Waals surface area contributed by atoms with Gasteiger partial charge >= 0.3 is 5.97 Å². The highest BCUT2D eigenvalue weighted by atomic mass is 79.9. The summed E-state index contributed by atoms with van der Waals surface area (Å²) in [5.74, 6) is -0.205. The molecular weight excluding hydrogens is 278 g/mol. The molecule has 0 aliphatic carbocycles. The topological polar surface area (TPSA) is 84.3 Å². The number of carbonyl (C=O) groups is 1.